The fourth-order valence-corrected chi connectivity index (χ4v) is 1.97. The summed E-state index contributed by atoms with van der Waals surface area (Å²) in [5.74, 6) is -1.83. The van der Waals surface area contributed by atoms with Gasteiger partial charge in [0.05, 0.1) is 0 Å². The number of amides is 1. The van der Waals surface area contributed by atoms with Gasteiger partial charge >= 0.3 is 12.1 Å². The average molecular weight is 295 g/mol. The Labute approximate surface area is 120 Å². The fraction of sp³-hybridized carbons (Fsp3) is 0.933. The Morgan fingerprint density at radius 2 is 1.30 bits per heavy atom. The maximum absolute atomic E-state index is 11.9. The van der Waals surface area contributed by atoms with Crippen molar-refractivity contribution in [3.05, 3.63) is 0 Å². The lowest BCUT2D eigenvalue weighted by Gasteiger charge is -2.17. The van der Waals surface area contributed by atoms with E-state index in [1.54, 1.807) is 0 Å². The second-order valence-corrected chi connectivity index (χ2v) is 6.54. The van der Waals surface area contributed by atoms with Crippen LogP contribution in [-0.4, -0.2) is 18.6 Å². The van der Waals surface area contributed by atoms with E-state index in [9.17, 15) is 18.0 Å². The van der Waals surface area contributed by atoms with Crippen LogP contribution in [0.3, 0.4) is 0 Å². The lowest BCUT2D eigenvalue weighted by Crippen LogP contribution is -2.37. The predicted molar refractivity (Wildman–Crippen MR) is 75.5 cm³/mol. The molecule has 0 unspecified atom stereocenters. The zero-order valence-corrected chi connectivity index (χ0v) is 12.9. The first-order valence-electron chi connectivity index (χ1n) is 7.48. The highest BCUT2D eigenvalue weighted by atomic mass is 19.4. The van der Waals surface area contributed by atoms with Gasteiger partial charge in [0, 0.05) is 6.54 Å². The van der Waals surface area contributed by atoms with Crippen LogP contribution in [0.2, 0.25) is 0 Å². The van der Waals surface area contributed by atoms with E-state index in [1.807, 2.05) is 5.32 Å². The summed E-state index contributed by atoms with van der Waals surface area (Å²) < 4.78 is 35.6. The second kappa shape index (κ2) is 9.24. The largest absolute Gasteiger partial charge is 0.471 e. The van der Waals surface area contributed by atoms with Gasteiger partial charge in [0.25, 0.3) is 0 Å². The molecule has 0 aromatic carbocycles. The number of alkyl halides is 3. The molecule has 1 amide bonds. The third kappa shape index (κ3) is 12.3. The lowest BCUT2D eigenvalue weighted by molar-refractivity contribution is -0.173. The summed E-state index contributed by atoms with van der Waals surface area (Å²) in [6, 6.07) is 0. The van der Waals surface area contributed by atoms with Gasteiger partial charge in [-0.25, -0.2) is 0 Å². The van der Waals surface area contributed by atoms with E-state index in [0.29, 0.717) is 11.8 Å². The lowest BCUT2D eigenvalue weighted by atomic mass is 9.89. The number of halogens is 3. The highest BCUT2D eigenvalue weighted by Crippen LogP contribution is 2.22. The topological polar surface area (TPSA) is 29.1 Å². The van der Waals surface area contributed by atoms with Crippen LogP contribution in [0.4, 0.5) is 13.2 Å². The Balaban J connectivity index is 3.28. The van der Waals surface area contributed by atoms with Crippen molar-refractivity contribution in [2.75, 3.05) is 6.54 Å². The highest BCUT2D eigenvalue weighted by molar-refractivity contribution is 5.81. The molecule has 1 N–H and O–H groups in total. The summed E-state index contributed by atoms with van der Waals surface area (Å²) in [6.07, 6.45) is 3.76. The molecular formula is C15H28F3NO. The van der Waals surface area contributed by atoms with Crippen molar-refractivity contribution in [1.29, 1.82) is 0 Å². The number of unbranched alkanes of at least 4 members (excludes halogenated alkanes) is 6. The zero-order chi connectivity index (χ0) is 15.6. The van der Waals surface area contributed by atoms with Crippen molar-refractivity contribution >= 4 is 5.91 Å². The molecule has 0 aliphatic carbocycles. The van der Waals surface area contributed by atoms with Crippen LogP contribution in [0.1, 0.15) is 72.1 Å². The number of hydrogen-bond donors (Lipinski definition) is 1. The summed E-state index contributed by atoms with van der Waals surface area (Å²) in [6.45, 7) is 6.83. The maximum atomic E-state index is 11.9. The molecular weight excluding hydrogens is 267 g/mol. The van der Waals surface area contributed by atoms with E-state index in [-0.39, 0.29) is 6.54 Å². The number of nitrogens with one attached hydrogen (secondary N) is 1. The van der Waals surface area contributed by atoms with Gasteiger partial charge in [-0.3, -0.25) is 4.79 Å². The Morgan fingerprint density at radius 3 is 1.75 bits per heavy atom. The SMILES string of the molecule is CC(C)(C)CCCCCCCCCNC(=O)C(F)(F)F. The molecule has 0 aliphatic heterocycles. The molecule has 0 bridgehead atoms. The van der Waals surface area contributed by atoms with Gasteiger partial charge < -0.3 is 5.32 Å². The van der Waals surface area contributed by atoms with Crippen LogP contribution in [0.15, 0.2) is 0 Å². The first kappa shape index (κ1) is 19.3. The minimum atomic E-state index is -4.76. The second-order valence-electron chi connectivity index (χ2n) is 6.54. The summed E-state index contributed by atoms with van der Waals surface area (Å²) >= 11 is 0. The number of carbonyl (C=O) groups excluding carboxylic acids is 1. The van der Waals surface area contributed by atoms with E-state index in [2.05, 4.69) is 20.8 Å². The van der Waals surface area contributed by atoms with Gasteiger partial charge in [0.2, 0.25) is 0 Å². The highest BCUT2D eigenvalue weighted by Gasteiger charge is 2.38. The normalized spacial score (nSPS) is 12.5. The van der Waals surface area contributed by atoms with Crippen molar-refractivity contribution in [2.24, 2.45) is 5.41 Å². The van der Waals surface area contributed by atoms with Gasteiger partial charge in [0.1, 0.15) is 0 Å². The van der Waals surface area contributed by atoms with Crippen molar-refractivity contribution in [3.8, 4) is 0 Å². The summed E-state index contributed by atoms with van der Waals surface area (Å²) in [5, 5.41) is 1.89. The fourth-order valence-electron chi connectivity index (χ4n) is 1.97. The molecule has 0 rings (SSSR count). The minimum absolute atomic E-state index is 0.113. The molecule has 0 aromatic rings. The quantitative estimate of drug-likeness (QED) is 0.606. The van der Waals surface area contributed by atoms with Gasteiger partial charge in [-0.15, -0.1) is 0 Å². The van der Waals surface area contributed by atoms with Gasteiger partial charge in [-0.05, 0) is 18.3 Å². The van der Waals surface area contributed by atoms with Crippen molar-refractivity contribution < 1.29 is 18.0 Å². The number of rotatable bonds is 9. The monoisotopic (exact) mass is 295 g/mol. The molecule has 120 valence electrons. The molecule has 5 heteroatoms. The first-order valence-corrected chi connectivity index (χ1v) is 7.48. The smallest absolute Gasteiger partial charge is 0.348 e. The molecule has 0 saturated heterocycles. The van der Waals surface area contributed by atoms with Crippen LogP contribution in [0.25, 0.3) is 0 Å². The third-order valence-corrected chi connectivity index (χ3v) is 3.15. The minimum Gasteiger partial charge on any atom is -0.348 e. The predicted octanol–water partition coefficient (Wildman–Crippen LogP) is 4.83. The summed E-state index contributed by atoms with van der Waals surface area (Å²) in [5.41, 5.74) is 0.399. The molecule has 0 aromatic heterocycles. The Hall–Kier alpha value is -0.740. The average Bonchev–Trinajstić information content (AvgIpc) is 2.28. The molecule has 0 spiro atoms. The van der Waals surface area contributed by atoms with E-state index < -0.39 is 12.1 Å². The molecule has 0 aliphatic rings. The molecule has 0 fully saturated rings. The van der Waals surface area contributed by atoms with Gasteiger partial charge in [0.15, 0.2) is 0 Å². The van der Waals surface area contributed by atoms with Crippen molar-refractivity contribution in [2.45, 2.75) is 78.3 Å². The summed E-state index contributed by atoms with van der Waals surface area (Å²) in [4.78, 5) is 10.5. The van der Waals surface area contributed by atoms with Crippen LogP contribution < -0.4 is 5.32 Å². The van der Waals surface area contributed by atoms with E-state index in [1.165, 1.54) is 25.7 Å². The van der Waals surface area contributed by atoms with E-state index in [4.69, 9.17) is 0 Å². The van der Waals surface area contributed by atoms with E-state index in [0.717, 1.165) is 19.3 Å². The van der Waals surface area contributed by atoms with Crippen LogP contribution >= 0.6 is 0 Å². The van der Waals surface area contributed by atoms with Crippen LogP contribution in [0, 0.1) is 5.41 Å². The van der Waals surface area contributed by atoms with Gasteiger partial charge in [-0.1, -0.05) is 59.3 Å². The van der Waals surface area contributed by atoms with Crippen LogP contribution in [0.5, 0.6) is 0 Å². The summed E-state index contributed by atoms with van der Waals surface area (Å²) in [7, 11) is 0. The molecule has 0 heterocycles. The van der Waals surface area contributed by atoms with Crippen molar-refractivity contribution in [3.63, 3.8) is 0 Å². The van der Waals surface area contributed by atoms with Gasteiger partial charge in [-0.2, -0.15) is 13.2 Å². The Kier molecular flexibility index (Phi) is 8.90. The molecule has 2 nitrogen and oxygen atoms in total. The number of carbonyl (C=O) groups is 1. The van der Waals surface area contributed by atoms with Crippen LogP contribution in [-0.2, 0) is 4.79 Å². The van der Waals surface area contributed by atoms with E-state index >= 15 is 0 Å². The molecule has 0 radical (unpaired) electrons. The zero-order valence-electron chi connectivity index (χ0n) is 12.9. The molecule has 0 saturated carbocycles. The molecule has 20 heavy (non-hydrogen) atoms. The Morgan fingerprint density at radius 1 is 0.850 bits per heavy atom. The van der Waals surface area contributed by atoms with Crippen molar-refractivity contribution in [1.82, 2.24) is 5.32 Å². The number of hydrogen-bond acceptors (Lipinski definition) is 1. The Bertz CT molecular complexity index is 269. The maximum Gasteiger partial charge on any atom is 0.471 e. The standard InChI is InChI=1S/C15H28F3NO/c1-14(2,3)11-9-7-5-4-6-8-10-12-19-13(20)15(16,17)18/h4-12H2,1-3H3,(H,19,20). The molecule has 0 atom stereocenters. The third-order valence-electron chi connectivity index (χ3n) is 3.15. The first-order chi connectivity index (χ1) is 9.13.